The van der Waals surface area contributed by atoms with E-state index in [1.165, 1.54) is 0 Å². The molecule has 6 nitrogen and oxygen atoms in total. The highest BCUT2D eigenvalue weighted by Crippen LogP contribution is 2.16. The number of hydrogen-bond donors (Lipinski definition) is 3. The van der Waals surface area contributed by atoms with Gasteiger partial charge in [-0.3, -0.25) is 14.4 Å². The van der Waals surface area contributed by atoms with Gasteiger partial charge in [0.15, 0.2) is 0 Å². The van der Waals surface area contributed by atoms with Crippen LogP contribution < -0.4 is 16.0 Å². The number of hydrogen-bond acceptors (Lipinski definition) is 3. The second-order valence-corrected chi connectivity index (χ2v) is 5.47. The van der Waals surface area contributed by atoms with Crippen molar-refractivity contribution in [3.63, 3.8) is 0 Å². The zero-order chi connectivity index (χ0) is 18.1. The van der Waals surface area contributed by atoms with Gasteiger partial charge in [-0.25, -0.2) is 0 Å². The summed E-state index contributed by atoms with van der Waals surface area (Å²) in [5.74, 6) is -0.872. The van der Waals surface area contributed by atoms with Crippen LogP contribution in [0.3, 0.4) is 0 Å². The first-order chi connectivity index (χ1) is 12.1. The quantitative estimate of drug-likeness (QED) is 0.677. The second kappa shape index (κ2) is 9.22. The number of carbonyl (C=O) groups excluding carboxylic acids is 3. The van der Waals surface area contributed by atoms with Crippen molar-refractivity contribution in [3.05, 3.63) is 60.2 Å². The van der Waals surface area contributed by atoms with Crippen molar-refractivity contribution in [2.45, 2.75) is 19.8 Å². The van der Waals surface area contributed by atoms with E-state index < -0.39 is 5.91 Å². The molecule has 25 heavy (non-hydrogen) atoms. The maximum absolute atomic E-state index is 12.1. The molecule has 0 unspecified atom stereocenters. The van der Waals surface area contributed by atoms with Crippen molar-refractivity contribution in [3.8, 4) is 0 Å². The average Bonchev–Trinajstić information content (AvgIpc) is 2.56. The Morgan fingerprint density at radius 2 is 1.44 bits per heavy atom. The maximum Gasteiger partial charge on any atom is 0.233 e. The largest absolute Gasteiger partial charge is 0.356 e. The fourth-order valence-corrected chi connectivity index (χ4v) is 2.27. The van der Waals surface area contributed by atoms with Crippen molar-refractivity contribution in [1.82, 2.24) is 5.32 Å². The predicted molar refractivity (Wildman–Crippen MR) is 97.1 cm³/mol. The molecule has 130 valence electrons. The molecule has 3 amide bonds. The van der Waals surface area contributed by atoms with Crippen molar-refractivity contribution < 1.29 is 14.4 Å². The van der Waals surface area contributed by atoms with Gasteiger partial charge in [-0.1, -0.05) is 36.4 Å². The van der Waals surface area contributed by atoms with Crippen LogP contribution in [0, 0.1) is 0 Å². The van der Waals surface area contributed by atoms with Crippen molar-refractivity contribution in [1.29, 1.82) is 0 Å². The third kappa shape index (κ3) is 6.47. The van der Waals surface area contributed by atoms with Crippen LogP contribution in [-0.4, -0.2) is 24.3 Å². The summed E-state index contributed by atoms with van der Waals surface area (Å²) in [6.07, 6.45) is 0.0348. The molecule has 2 aromatic carbocycles. The van der Waals surface area contributed by atoms with Crippen LogP contribution in [0.25, 0.3) is 0 Å². The molecular weight excluding hydrogens is 318 g/mol. The van der Waals surface area contributed by atoms with E-state index >= 15 is 0 Å². The van der Waals surface area contributed by atoms with Gasteiger partial charge in [-0.2, -0.15) is 0 Å². The molecule has 0 saturated heterocycles. The summed E-state index contributed by atoms with van der Waals surface area (Å²) in [5, 5.41) is 8.01. The highest BCUT2D eigenvalue weighted by molar-refractivity contribution is 6.04. The Morgan fingerprint density at radius 3 is 2.08 bits per heavy atom. The maximum atomic E-state index is 12.1. The summed E-state index contributed by atoms with van der Waals surface area (Å²) in [5.41, 5.74) is 2.02. The molecule has 0 aliphatic carbocycles. The minimum absolute atomic E-state index is 0.142. The summed E-state index contributed by atoms with van der Waals surface area (Å²) in [4.78, 5) is 35.3. The van der Waals surface area contributed by atoms with E-state index in [9.17, 15) is 14.4 Å². The van der Waals surface area contributed by atoms with E-state index in [1.807, 2.05) is 30.3 Å². The monoisotopic (exact) mass is 339 g/mol. The summed E-state index contributed by atoms with van der Waals surface area (Å²) in [6, 6.07) is 16.2. The molecule has 2 aromatic rings. The summed E-state index contributed by atoms with van der Waals surface area (Å²) < 4.78 is 0. The van der Waals surface area contributed by atoms with Gasteiger partial charge in [-0.15, -0.1) is 0 Å². The molecule has 0 heterocycles. The third-order valence-electron chi connectivity index (χ3n) is 3.33. The first-order valence-corrected chi connectivity index (χ1v) is 8.07. The summed E-state index contributed by atoms with van der Waals surface area (Å²) in [7, 11) is 0. The van der Waals surface area contributed by atoms with Gasteiger partial charge < -0.3 is 16.0 Å². The second-order valence-electron chi connectivity index (χ2n) is 5.47. The molecule has 0 atom stereocenters. The Morgan fingerprint density at radius 1 is 0.800 bits per heavy atom. The average molecular weight is 339 g/mol. The fourth-order valence-electron chi connectivity index (χ4n) is 2.27. The Labute approximate surface area is 146 Å². The molecule has 3 N–H and O–H groups in total. The Bertz CT molecular complexity index is 745. The lowest BCUT2D eigenvalue weighted by Gasteiger charge is -2.09. The number of nitrogens with one attached hydrogen (secondary N) is 3. The van der Waals surface area contributed by atoms with Gasteiger partial charge >= 0.3 is 0 Å². The van der Waals surface area contributed by atoms with Crippen LogP contribution >= 0.6 is 0 Å². The van der Waals surface area contributed by atoms with Crippen LogP contribution in [0.5, 0.6) is 0 Å². The molecule has 0 radical (unpaired) electrons. The standard InChI is InChI=1S/C19H21N3O3/c1-2-20-17(23)13-19(25)22-16-10-6-9-15(12-16)21-18(24)11-14-7-4-3-5-8-14/h3-10,12H,2,11,13H2,1H3,(H,20,23)(H,21,24)(H,22,25). The SMILES string of the molecule is CCNC(=O)CC(=O)Nc1cccc(NC(=O)Cc2ccccc2)c1. The molecule has 0 bridgehead atoms. The number of carbonyl (C=O) groups is 3. The van der Waals surface area contributed by atoms with E-state index in [-0.39, 0.29) is 24.7 Å². The minimum Gasteiger partial charge on any atom is -0.356 e. The van der Waals surface area contributed by atoms with Gasteiger partial charge in [0.05, 0.1) is 6.42 Å². The first kappa shape index (κ1) is 18.2. The third-order valence-corrected chi connectivity index (χ3v) is 3.33. The highest BCUT2D eigenvalue weighted by atomic mass is 16.2. The molecule has 0 aliphatic heterocycles. The van der Waals surface area contributed by atoms with Gasteiger partial charge in [0.25, 0.3) is 0 Å². The molecule has 2 rings (SSSR count). The lowest BCUT2D eigenvalue weighted by Crippen LogP contribution is -2.27. The lowest BCUT2D eigenvalue weighted by molar-refractivity contribution is -0.126. The van der Waals surface area contributed by atoms with Crippen LogP contribution in [0.2, 0.25) is 0 Å². The van der Waals surface area contributed by atoms with Gasteiger partial charge in [0.2, 0.25) is 17.7 Å². The van der Waals surface area contributed by atoms with Crippen LogP contribution in [-0.2, 0) is 20.8 Å². The molecule has 0 aromatic heterocycles. The Balaban J connectivity index is 1.91. The lowest BCUT2D eigenvalue weighted by atomic mass is 10.1. The number of amides is 3. The van der Waals surface area contributed by atoms with Crippen molar-refractivity contribution in [2.75, 3.05) is 17.2 Å². The predicted octanol–water partition coefficient (Wildman–Crippen LogP) is 2.33. The van der Waals surface area contributed by atoms with E-state index in [0.29, 0.717) is 17.9 Å². The molecular formula is C19H21N3O3. The number of benzene rings is 2. The van der Waals surface area contributed by atoms with Gasteiger partial charge in [0.1, 0.15) is 6.42 Å². The summed E-state index contributed by atoms with van der Waals surface area (Å²) in [6.45, 7) is 2.27. The highest BCUT2D eigenvalue weighted by Gasteiger charge is 2.09. The van der Waals surface area contributed by atoms with Crippen LogP contribution in [0.4, 0.5) is 11.4 Å². The molecule has 0 fully saturated rings. The minimum atomic E-state index is -0.404. The number of rotatable bonds is 7. The van der Waals surface area contributed by atoms with E-state index in [0.717, 1.165) is 5.56 Å². The van der Waals surface area contributed by atoms with Gasteiger partial charge in [-0.05, 0) is 30.7 Å². The van der Waals surface area contributed by atoms with E-state index in [2.05, 4.69) is 16.0 Å². The van der Waals surface area contributed by atoms with Crippen LogP contribution in [0.1, 0.15) is 18.9 Å². The number of anilines is 2. The van der Waals surface area contributed by atoms with Crippen molar-refractivity contribution in [2.24, 2.45) is 0 Å². The molecule has 0 saturated carbocycles. The van der Waals surface area contributed by atoms with E-state index in [1.54, 1.807) is 31.2 Å². The zero-order valence-corrected chi connectivity index (χ0v) is 14.0. The Hall–Kier alpha value is -3.15. The van der Waals surface area contributed by atoms with Gasteiger partial charge in [0, 0.05) is 17.9 Å². The zero-order valence-electron chi connectivity index (χ0n) is 14.0. The molecule has 6 heteroatoms. The Kier molecular flexibility index (Phi) is 6.71. The smallest absolute Gasteiger partial charge is 0.233 e. The first-order valence-electron chi connectivity index (χ1n) is 8.07. The molecule has 0 spiro atoms. The normalized spacial score (nSPS) is 9.96. The molecule has 0 aliphatic rings. The topological polar surface area (TPSA) is 87.3 Å². The van der Waals surface area contributed by atoms with E-state index in [4.69, 9.17) is 0 Å². The fraction of sp³-hybridized carbons (Fsp3) is 0.211. The summed E-state index contributed by atoms with van der Waals surface area (Å²) >= 11 is 0. The van der Waals surface area contributed by atoms with Crippen LogP contribution in [0.15, 0.2) is 54.6 Å². The van der Waals surface area contributed by atoms with Crippen molar-refractivity contribution >= 4 is 29.1 Å².